The summed E-state index contributed by atoms with van der Waals surface area (Å²) in [7, 11) is 0. The number of carbonyl (C=O) groups is 1. The third-order valence-corrected chi connectivity index (χ3v) is 2.63. The highest BCUT2D eigenvalue weighted by atomic mass is 16.4. The number of nitrogens with zero attached hydrogens (tertiary/aromatic N) is 1. The first-order valence-electron chi connectivity index (χ1n) is 5.55. The molecule has 4 N–H and O–H groups in total. The van der Waals surface area contributed by atoms with Gasteiger partial charge in [-0.05, 0) is 19.5 Å². The predicted octanol–water partition coefficient (Wildman–Crippen LogP) is 0.00572. The molecule has 1 aromatic rings. The minimum absolute atomic E-state index is 0.112. The van der Waals surface area contributed by atoms with Gasteiger partial charge < -0.3 is 9.52 Å². The molecule has 0 aliphatic rings. The summed E-state index contributed by atoms with van der Waals surface area (Å²) in [5.74, 6) is 5.50. The van der Waals surface area contributed by atoms with Crippen LogP contribution in [0.15, 0.2) is 10.5 Å². The topological polar surface area (TPSA) is 91.7 Å². The van der Waals surface area contributed by atoms with Gasteiger partial charge in [0.05, 0.1) is 6.61 Å². The Hall–Kier alpha value is -1.37. The van der Waals surface area contributed by atoms with Crippen molar-refractivity contribution in [3.63, 3.8) is 0 Å². The van der Waals surface area contributed by atoms with E-state index < -0.39 is 5.91 Å². The van der Waals surface area contributed by atoms with E-state index in [0.717, 1.165) is 12.1 Å². The fourth-order valence-corrected chi connectivity index (χ4v) is 1.59. The zero-order valence-electron chi connectivity index (χ0n) is 10.2. The zero-order valence-corrected chi connectivity index (χ0v) is 10.2. The lowest BCUT2D eigenvalue weighted by molar-refractivity contribution is 0.0924. The van der Waals surface area contributed by atoms with Crippen molar-refractivity contribution in [1.29, 1.82) is 0 Å². The van der Waals surface area contributed by atoms with Crippen molar-refractivity contribution in [2.75, 3.05) is 19.7 Å². The first kappa shape index (κ1) is 13.7. The van der Waals surface area contributed by atoms with Crippen LogP contribution in [0.25, 0.3) is 0 Å². The van der Waals surface area contributed by atoms with Crippen LogP contribution in [-0.4, -0.2) is 35.6 Å². The molecule has 1 heterocycles. The lowest BCUT2D eigenvalue weighted by atomic mass is 10.2. The molecular weight excluding hydrogens is 222 g/mol. The minimum Gasteiger partial charge on any atom is -0.456 e. The number of hydrazine groups is 1. The SMILES string of the molecule is CCN(CCO)Cc1cc(C(=O)NN)oc1C. The van der Waals surface area contributed by atoms with E-state index in [1.54, 1.807) is 13.0 Å². The monoisotopic (exact) mass is 241 g/mol. The summed E-state index contributed by atoms with van der Waals surface area (Å²) in [4.78, 5) is 13.3. The molecule has 0 radical (unpaired) electrons. The number of carbonyl (C=O) groups excluding carboxylic acids is 1. The van der Waals surface area contributed by atoms with Crippen molar-refractivity contribution < 1.29 is 14.3 Å². The first-order valence-corrected chi connectivity index (χ1v) is 5.55. The van der Waals surface area contributed by atoms with E-state index in [1.807, 2.05) is 12.3 Å². The molecule has 0 aliphatic carbocycles. The van der Waals surface area contributed by atoms with Crippen molar-refractivity contribution in [1.82, 2.24) is 10.3 Å². The smallest absolute Gasteiger partial charge is 0.300 e. The Morgan fingerprint density at radius 2 is 2.35 bits per heavy atom. The second kappa shape index (κ2) is 6.39. The van der Waals surface area contributed by atoms with E-state index in [0.29, 0.717) is 18.8 Å². The van der Waals surface area contributed by atoms with Crippen LogP contribution in [0.3, 0.4) is 0 Å². The van der Waals surface area contributed by atoms with E-state index in [9.17, 15) is 4.79 Å². The van der Waals surface area contributed by atoms with Gasteiger partial charge in [0.1, 0.15) is 5.76 Å². The Kier molecular flexibility index (Phi) is 5.14. The molecular formula is C11H19N3O3. The normalized spacial score (nSPS) is 10.9. The highest BCUT2D eigenvalue weighted by molar-refractivity contribution is 5.91. The van der Waals surface area contributed by atoms with E-state index >= 15 is 0 Å². The average Bonchev–Trinajstić information content (AvgIpc) is 2.69. The summed E-state index contributed by atoms with van der Waals surface area (Å²) in [5, 5.41) is 8.90. The molecule has 0 fully saturated rings. The molecule has 6 nitrogen and oxygen atoms in total. The van der Waals surface area contributed by atoms with Gasteiger partial charge in [0.15, 0.2) is 5.76 Å². The Balaban J connectivity index is 2.77. The molecule has 0 bridgehead atoms. The first-order chi connectivity index (χ1) is 8.12. The quantitative estimate of drug-likeness (QED) is 0.370. The largest absolute Gasteiger partial charge is 0.456 e. The van der Waals surface area contributed by atoms with Gasteiger partial charge in [0.25, 0.3) is 0 Å². The van der Waals surface area contributed by atoms with Gasteiger partial charge in [-0.1, -0.05) is 6.92 Å². The average molecular weight is 241 g/mol. The number of aryl methyl sites for hydroxylation is 1. The van der Waals surface area contributed by atoms with Gasteiger partial charge in [0, 0.05) is 18.7 Å². The summed E-state index contributed by atoms with van der Waals surface area (Å²) >= 11 is 0. The van der Waals surface area contributed by atoms with Crippen molar-refractivity contribution in [2.45, 2.75) is 20.4 Å². The van der Waals surface area contributed by atoms with E-state index in [2.05, 4.69) is 4.90 Å². The molecule has 1 rings (SSSR count). The van der Waals surface area contributed by atoms with Crippen molar-refractivity contribution >= 4 is 5.91 Å². The summed E-state index contributed by atoms with van der Waals surface area (Å²) in [6, 6.07) is 1.68. The zero-order chi connectivity index (χ0) is 12.8. The van der Waals surface area contributed by atoms with Gasteiger partial charge in [-0.3, -0.25) is 15.1 Å². The molecule has 0 unspecified atom stereocenters. The summed E-state index contributed by atoms with van der Waals surface area (Å²) in [5.41, 5.74) is 2.96. The van der Waals surface area contributed by atoms with E-state index in [-0.39, 0.29) is 12.4 Å². The molecule has 0 saturated carbocycles. The summed E-state index contributed by atoms with van der Waals surface area (Å²) in [6.07, 6.45) is 0. The van der Waals surface area contributed by atoms with Gasteiger partial charge >= 0.3 is 5.91 Å². The summed E-state index contributed by atoms with van der Waals surface area (Å²) < 4.78 is 5.31. The number of nitrogens with two attached hydrogens (primary N) is 1. The molecule has 0 aromatic carbocycles. The molecule has 17 heavy (non-hydrogen) atoms. The number of amides is 1. The molecule has 1 amide bonds. The van der Waals surface area contributed by atoms with Crippen LogP contribution in [0.5, 0.6) is 0 Å². The Labute approximate surface area is 100 Å². The number of furan rings is 1. The van der Waals surface area contributed by atoms with Crippen LogP contribution in [0.1, 0.15) is 28.8 Å². The molecule has 0 aliphatic heterocycles. The second-order valence-electron chi connectivity index (χ2n) is 3.76. The number of aliphatic hydroxyl groups excluding tert-OH is 1. The van der Waals surface area contributed by atoms with Crippen LogP contribution in [-0.2, 0) is 6.54 Å². The third kappa shape index (κ3) is 3.55. The predicted molar refractivity (Wildman–Crippen MR) is 63.1 cm³/mol. The maximum Gasteiger partial charge on any atom is 0.300 e. The highest BCUT2D eigenvalue weighted by Gasteiger charge is 2.15. The molecule has 0 spiro atoms. The molecule has 0 saturated heterocycles. The number of nitrogen functional groups attached to an aromatic ring is 1. The summed E-state index contributed by atoms with van der Waals surface area (Å²) in [6.45, 7) is 5.99. The van der Waals surface area contributed by atoms with Crippen LogP contribution in [0.4, 0.5) is 0 Å². The number of hydrogen-bond donors (Lipinski definition) is 3. The number of rotatable bonds is 6. The minimum atomic E-state index is -0.440. The van der Waals surface area contributed by atoms with Crippen LogP contribution < -0.4 is 11.3 Å². The number of hydrogen-bond acceptors (Lipinski definition) is 5. The maximum atomic E-state index is 11.3. The standard InChI is InChI=1S/C11H19N3O3/c1-3-14(4-5-15)7-9-6-10(11(16)13-12)17-8(9)2/h6,15H,3-5,7,12H2,1-2H3,(H,13,16). The number of likely N-dealkylation sites (N-methyl/N-ethyl adjacent to an activating group) is 1. The van der Waals surface area contributed by atoms with Gasteiger partial charge in [-0.2, -0.15) is 0 Å². The van der Waals surface area contributed by atoms with E-state index in [4.69, 9.17) is 15.4 Å². The van der Waals surface area contributed by atoms with Gasteiger partial charge in [0.2, 0.25) is 0 Å². The lowest BCUT2D eigenvalue weighted by Crippen LogP contribution is -2.29. The maximum absolute atomic E-state index is 11.3. The molecule has 1 aromatic heterocycles. The van der Waals surface area contributed by atoms with Crippen molar-refractivity contribution in [3.8, 4) is 0 Å². The van der Waals surface area contributed by atoms with Crippen LogP contribution >= 0.6 is 0 Å². The Morgan fingerprint density at radius 1 is 1.65 bits per heavy atom. The van der Waals surface area contributed by atoms with Crippen molar-refractivity contribution in [2.24, 2.45) is 5.84 Å². The second-order valence-corrected chi connectivity index (χ2v) is 3.76. The Morgan fingerprint density at radius 3 is 2.88 bits per heavy atom. The fraction of sp³-hybridized carbons (Fsp3) is 0.545. The Bertz CT molecular complexity index is 376. The van der Waals surface area contributed by atoms with Crippen molar-refractivity contribution in [3.05, 3.63) is 23.2 Å². The lowest BCUT2D eigenvalue weighted by Gasteiger charge is -2.18. The van der Waals surface area contributed by atoms with Crippen LogP contribution in [0.2, 0.25) is 0 Å². The fourth-order valence-electron chi connectivity index (χ4n) is 1.59. The number of aliphatic hydroxyl groups is 1. The highest BCUT2D eigenvalue weighted by Crippen LogP contribution is 2.16. The molecule has 0 atom stereocenters. The van der Waals surface area contributed by atoms with Gasteiger partial charge in [-0.15, -0.1) is 0 Å². The number of nitrogens with one attached hydrogen (secondary N) is 1. The third-order valence-electron chi connectivity index (χ3n) is 2.63. The van der Waals surface area contributed by atoms with Crippen LogP contribution in [0, 0.1) is 6.92 Å². The van der Waals surface area contributed by atoms with E-state index in [1.165, 1.54) is 0 Å². The molecule has 6 heteroatoms. The molecule has 96 valence electrons. The van der Waals surface area contributed by atoms with Gasteiger partial charge in [-0.25, -0.2) is 5.84 Å².